The minimum absolute atomic E-state index is 0.000804. The Labute approximate surface area is 163 Å². The zero-order valence-electron chi connectivity index (χ0n) is 15.8. The van der Waals surface area contributed by atoms with E-state index in [-0.39, 0.29) is 24.8 Å². The van der Waals surface area contributed by atoms with Crippen LogP contribution >= 0.6 is 0 Å². The fourth-order valence-electron chi connectivity index (χ4n) is 3.35. The number of carbonyl (C=O) groups excluding carboxylic acids is 3. The quantitative estimate of drug-likeness (QED) is 0.827. The Bertz CT molecular complexity index is 690. The van der Waals surface area contributed by atoms with E-state index in [1.807, 2.05) is 30.3 Å². The first-order valence-electron chi connectivity index (χ1n) is 9.44. The number of cyclic esters (lactones) is 1. The molecule has 28 heavy (non-hydrogen) atoms. The highest BCUT2D eigenvalue weighted by Crippen LogP contribution is 2.23. The SMILES string of the molecule is CCOC(=O)NC(=O)N1CCC(N2CC(COc3ccccc3)OC2=O)CC1. The molecule has 2 aliphatic rings. The third kappa shape index (κ3) is 5.05. The van der Waals surface area contributed by atoms with E-state index in [1.165, 1.54) is 0 Å². The molecule has 0 bridgehead atoms. The van der Waals surface area contributed by atoms with Crippen molar-refractivity contribution < 1.29 is 28.6 Å². The van der Waals surface area contributed by atoms with Gasteiger partial charge >= 0.3 is 18.2 Å². The van der Waals surface area contributed by atoms with Gasteiger partial charge in [-0.1, -0.05) is 18.2 Å². The van der Waals surface area contributed by atoms with Gasteiger partial charge in [-0.3, -0.25) is 0 Å². The lowest BCUT2D eigenvalue weighted by molar-refractivity contribution is 0.0987. The maximum Gasteiger partial charge on any atom is 0.415 e. The number of piperidine rings is 1. The van der Waals surface area contributed by atoms with Gasteiger partial charge in [0.2, 0.25) is 0 Å². The molecule has 9 nitrogen and oxygen atoms in total. The zero-order chi connectivity index (χ0) is 19.9. The summed E-state index contributed by atoms with van der Waals surface area (Å²) >= 11 is 0. The molecule has 1 atom stereocenters. The standard InChI is InChI=1S/C19H25N3O6/c1-2-26-18(24)20-17(23)21-10-8-14(9-11-21)22-12-16(28-19(22)25)13-27-15-6-4-3-5-7-15/h3-7,14,16H,2,8-13H2,1H3,(H,20,23,24). The highest BCUT2D eigenvalue weighted by molar-refractivity contribution is 5.90. The van der Waals surface area contributed by atoms with Crippen LogP contribution in [-0.4, -0.2) is 73.0 Å². The zero-order valence-corrected chi connectivity index (χ0v) is 15.8. The number of nitrogens with zero attached hydrogens (tertiary/aromatic N) is 2. The number of urea groups is 1. The molecule has 0 saturated carbocycles. The predicted molar refractivity (Wildman–Crippen MR) is 99.1 cm³/mol. The molecule has 4 amide bonds. The van der Waals surface area contributed by atoms with Crippen molar-refractivity contribution in [2.75, 3.05) is 32.8 Å². The molecule has 9 heteroatoms. The number of hydrogen-bond acceptors (Lipinski definition) is 6. The van der Waals surface area contributed by atoms with Crippen molar-refractivity contribution in [1.29, 1.82) is 0 Å². The monoisotopic (exact) mass is 391 g/mol. The van der Waals surface area contributed by atoms with Crippen LogP contribution in [0.3, 0.4) is 0 Å². The largest absolute Gasteiger partial charge is 0.490 e. The van der Waals surface area contributed by atoms with Crippen molar-refractivity contribution >= 4 is 18.2 Å². The summed E-state index contributed by atoms with van der Waals surface area (Å²) in [6.07, 6.45) is -0.178. The molecular formula is C19H25N3O6. The van der Waals surface area contributed by atoms with Crippen molar-refractivity contribution in [3.63, 3.8) is 0 Å². The van der Waals surface area contributed by atoms with Gasteiger partial charge in [-0.15, -0.1) is 0 Å². The number of ether oxygens (including phenoxy) is 3. The summed E-state index contributed by atoms with van der Waals surface area (Å²) < 4.78 is 15.8. The van der Waals surface area contributed by atoms with Gasteiger partial charge in [-0.25, -0.2) is 19.7 Å². The molecule has 0 aliphatic carbocycles. The molecule has 1 aromatic carbocycles. The second-order valence-corrected chi connectivity index (χ2v) is 6.65. The number of rotatable bonds is 5. The van der Waals surface area contributed by atoms with E-state index in [1.54, 1.807) is 16.7 Å². The second-order valence-electron chi connectivity index (χ2n) is 6.65. The Kier molecular flexibility index (Phi) is 6.57. The van der Waals surface area contributed by atoms with Gasteiger partial charge in [-0.05, 0) is 31.9 Å². The van der Waals surface area contributed by atoms with Crippen molar-refractivity contribution in [3.8, 4) is 5.75 Å². The van der Waals surface area contributed by atoms with Crippen molar-refractivity contribution in [2.45, 2.75) is 31.9 Å². The number of imide groups is 1. The fourth-order valence-corrected chi connectivity index (χ4v) is 3.35. The van der Waals surface area contributed by atoms with Crippen LogP contribution in [-0.2, 0) is 9.47 Å². The summed E-state index contributed by atoms with van der Waals surface area (Å²) in [5.74, 6) is 0.734. The minimum Gasteiger partial charge on any atom is -0.490 e. The van der Waals surface area contributed by atoms with Gasteiger partial charge in [0.25, 0.3) is 0 Å². The molecular weight excluding hydrogens is 366 g/mol. The van der Waals surface area contributed by atoms with E-state index in [9.17, 15) is 14.4 Å². The van der Waals surface area contributed by atoms with Crippen LogP contribution in [0.15, 0.2) is 30.3 Å². The van der Waals surface area contributed by atoms with E-state index in [2.05, 4.69) is 5.32 Å². The van der Waals surface area contributed by atoms with Crippen LogP contribution < -0.4 is 10.1 Å². The summed E-state index contributed by atoms with van der Waals surface area (Å²) in [7, 11) is 0. The molecule has 2 aliphatic heterocycles. The number of hydrogen-bond donors (Lipinski definition) is 1. The molecule has 0 radical (unpaired) electrons. The summed E-state index contributed by atoms with van der Waals surface area (Å²) in [4.78, 5) is 38.9. The van der Waals surface area contributed by atoms with Crippen molar-refractivity contribution in [1.82, 2.24) is 15.1 Å². The number of amides is 4. The molecule has 2 saturated heterocycles. The van der Waals surface area contributed by atoms with Gasteiger partial charge in [0.05, 0.1) is 13.2 Å². The lowest BCUT2D eigenvalue weighted by Gasteiger charge is -2.35. The van der Waals surface area contributed by atoms with Crippen molar-refractivity contribution in [3.05, 3.63) is 30.3 Å². The number of likely N-dealkylation sites (tertiary alicyclic amines) is 1. The molecule has 152 valence electrons. The topological polar surface area (TPSA) is 97.4 Å². The smallest absolute Gasteiger partial charge is 0.415 e. The number of benzene rings is 1. The molecule has 1 N–H and O–H groups in total. The molecule has 0 aromatic heterocycles. The predicted octanol–water partition coefficient (Wildman–Crippen LogP) is 2.22. The van der Waals surface area contributed by atoms with E-state index in [4.69, 9.17) is 14.2 Å². The van der Waals surface area contributed by atoms with E-state index in [0.717, 1.165) is 5.75 Å². The summed E-state index contributed by atoms with van der Waals surface area (Å²) in [5, 5.41) is 2.19. The number of alkyl carbamates (subject to hydrolysis) is 1. The highest BCUT2D eigenvalue weighted by Gasteiger charge is 2.38. The van der Waals surface area contributed by atoms with Gasteiger partial charge in [-0.2, -0.15) is 0 Å². The number of carbonyl (C=O) groups is 3. The minimum atomic E-state index is -0.751. The molecule has 2 fully saturated rings. The van der Waals surface area contributed by atoms with E-state index >= 15 is 0 Å². The maximum atomic E-state index is 12.2. The van der Waals surface area contributed by atoms with Crippen LogP contribution in [0.4, 0.5) is 14.4 Å². The average Bonchev–Trinajstić information content (AvgIpc) is 3.08. The van der Waals surface area contributed by atoms with Gasteiger partial charge in [0, 0.05) is 19.1 Å². The van der Waals surface area contributed by atoms with Gasteiger partial charge < -0.3 is 24.0 Å². The van der Waals surface area contributed by atoms with Crippen LogP contribution in [0.25, 0.3) is 0 Å². The molecule has 0 spiro atoms. The Morgan fingerprint density at radius 3 is 2.61 bits per heavy atom. The maximum absolute atomic E-state index is 12.2. The summed E-state index contributed by atoms with van der Waals surface area (Å²) in [5.41, 5.74) is 0. The first kappa shape index (κ1) is 19.8. The normalized spacial score (nSPS) is 19.9. The van der Waals surface area contributed by atoms with Crippen LogP contribution in [0, 0.1) is 0 Å². The Hall–Kier alpha value is -2.97. The van der Waals surface area contributed by atoms with Crippen LogP contribution in [0.1, 0.15) is 19.8 Å². The number of para-hydroxylation sites is 1. The Morgan fingerprint density at radius 2 is 1.93 bits per heavy atom. The Balaban J connectivity index is 1.43. The van der Waals surface area contributed by atoms with Crippen LogP contribution in [0.5, 0.6) is 5.75 Å². The molecule has 2 heterocycles. The van der Waals surface area contributed by atoms with Crippen LogP contribution in [0.2, 0.25) is 0 Å². The Morgan fingerprint density at radius 1 is 1.21 bits per heavy atom. The lowest BCUT2D eigenvalue weighted by Crippen LogP contribution is -2.51. The lowest BCUT2D eigenvalue weighted by atomic mass is 10.0. The third-order valence-electron chi connectivity index (χ3n) is 4.76. The highest BCUT2D eigenvalue weighted by atomic mass is 16.6. The number of nitrogens with one attached hydrogen (secondary N) is 1. The van der Waals surface area contributed by atoms with Gasteiger partial charge in [0.1, 0.15) is 12.4 Å². The summed E-state index contributed by atoms with van der Waals surface area (Å²) in [6.45, 7) is 3.53. The van der Waals surface area contributed by atoms with Crippen molar-refractivity contribution in [2.24, 2.45) is 0 Å². The molecule has 1 unspecified atom stereocenters. The average molecular weight is 391 g/mol. The second kappa shape index (κ2) is 9.29. The first-order valence-corrected chi connectivity index (χ1v) is 9.44. The van der Waals surface area contributed by atoms with E-state index < -0.39 is 12.1 Å². The molecule has 1 aromatic rings. The molecule has 3 rings (SSSR count). The fraction of sp³-hybridized carbons (Fsp3) is 0.526. The van der Waals surface area contributed by atoms with Gasteiger partial charge in [0.15, 0.2) is 6.10 Å². The first-order chi connectivity index (χ1) is 13.6. The summed E-state index contributed by atoms with van der Waals surface area (Å²) in [6, 6.07) is 8.90. The third-order valence-corrected chi connectivity index (χ3v) is 4.76. The van der Waals surface area contributed by atoms with E-state index in [0.29, 0.717) is 39.1 Å².